The second kappa shape index (κ2) is 7.52. The van der Waals surface area contributed by atoms with E-state index in [1.54, 1.807) is 30.5 Å². The molecule has 1 saturated heterocycles. The number of thiophene rings is 1. The molecule has 4 aromatic rings. The Morgan fingerprint density at radius 2 is 2.33 bits per heavy atom. The van der Waals surface area contributed by atoms with Crippen molar-refractivity contribution >= 4 is 22.8 Å². The molecule has 1 amide bonds. The Balaban J connectivity index is 1.34. The van der Waals surface area contributed by atoms with Gasteiger partial charge < -0.3 is 14.4 Å². The molecule has 0 radical (unpaired) electrons. The molecule has 30 heavy (non-hydrogen) atoms. The van der Waals surface area contributed by atoms with Gasteiger partial charge in [-0.15, -0.1) is 0 Å². The first-order valence-corrected chi connectivity index (χ1v) is 10.7. The van der Waals surface area contributed by atoms with Crippen molar-refractivity contribution in [3.8, 4) is 11.6 Å². The summed E-state index contributed by atoms with van der Waals surface area (Å²) >= 11 is 1.60. The molecule has 5 rings (SSSR count). The summed E-state index contributed by atoms with van der Waals surface area (Å²) < 4.78 is 6.95. The number of aromatic amines is 1. The molecule has 1 fully saturated rings. The third-order valence-electron chi connectivity index (χ3n) is 5.33. The largest absolute Gasteiger partial charge is 0.342 e. The molecule has 0 aliphatic carbocycles. The number of nitrogens with zero attached hydrogens (tertiary/aromatic N) is 5. The van der Waals surface area contributed by atoms with Crippen LogP contribution < -0.4 is 5.56 Å². The minimum Gasteiger partial charge on any atom is -0.342 e. The van der Waals surface area contributed by atoms with Gasteiger partial charge >= 0.3 is 0 Å². The van der Waals surface area contributed by atoms with Crippen LogP contribution in [-0.2, 0) is 11.2 Å². The van der Waals surface area contributed by atoms with E-state index in [1.165, 1.54) is 4.52 Å². The van der Waals surface area contributed by atoms with Crippen LogP contribution in [0.25, 0.3) is 17.1 Å². The fourth-order valence-corrected chi connectivity index (χ4v) is 4.49. The molecular weight excluding hydrogens is 404 g/mol. The summed E-state index contributed by atoms with van der Waals surface area (Å²) in [6.45, 7) is 3.12. The van der Waals surface area contributed by atoms with Gasteiger partial charge in [0.25, 0.3) is 11.4 Å². The number of hydrogen-bond acceptors (Lipinski definition) is 7. The van der Waals surface area contributed by atoms with E-state index < -0.39 is 0 Å². The minimum absolute atomic E-state index is 0.0188. The molecule has 10 heteroatoms. The second-order valence-electron chi connectivity index (χ2n) is 7.57. The minimum atomic E-state index is -0.222. The van der Waals surface area contributed by atoms with Crippen LogP contribution >= 0.6 is 11.3 Å². The first-order chi connectivity index (χ1) is 14.6. The average Bonchev–Trinajstić information content (AvgIpc) is 3.48. The lowest BCUT2D eigenvalue weighted by atomic mass is 9.97. The Bertz CT molecular complexity index is 1260. The molecule has 1 aliphatic heterocycles. The van der Waals surface area contributed by atoms with Crippen molar-refractivity contribution in [2.75, 3.05) is 13.1 Å². The lowest BCUT2D eigenvalue weighted by Crippen LogP contribution is -2.40. The van der Waals surface area contributed by atoms with Gasteiger partial charge in [0.1, 0.15) is 5.52 Å². The number of likely N-dealkylation sites (tertiary alicyclic amines) is 1. The van der Waals surface area contributed by atoms with E-state index in [0.717, 1.165) is 24.9 Å². The van der Waals surface area contributed by atoms with Crippen LogP contribution in [0.2, 0.25) is 0 Å². The van der Waals surface area contributed by atoms with Crippen molar-refractivity contribution < 1.29 is 9.32 Å². The van der Waals surface area contributed by atoms with Crippen LogP contribution in [-0.4, -0.2) is 48.6 Å². The third-order valence-corrected chi connectivity index (χ3v) is 6.06. The number of hydrogen-bond donors (Lipinski definition) is 1. The highest BCUT2D eigenvalue weighted by molar-refractivity contribution is 7.08. The van der Waals surface area contributed by atoms with Gasteiger partial charge in [0.05, 0.1) is 6.42 Å². The Kier molecular flexibility index (Phi) is 4.70. The van der Waals surface area contributed by atoms with Gasteiger partial charge in [-0.1, -0.05) is 5.16 Å². The number of rotatable bonds is 4. The Morgan fingerprint density at radius 1 is 1.43 bits per heavy atom. The molecule has 0 unspecified atom stereocenters. The summed E-state index contributed by atoms with van der Waals surface area (Å²) in [6.07, 6.45) is 3.94. The fourth-order valence-electron chi connectivity index (χ4n) is 3.82. The van der Waals surface area contributed by atoms with E-state index in [0.29, 0.717) is 35.7 Å². The maximum atomic E-state index is 12.6. The van der Waals surface area contributed by atoms with E-state index >= 15 is 0 Å². The lowest BCUT2D eigenvalue weighted by Gasteiger charge is -2.31. The highest BCUT2D eigenvalue weighted by Gasteiger charge is 2.28. The molecular formula is C20H20N6O3S. The molecule has 154 valence electrons. The number of aromatic nitrogens is 5. The molecule has 1 atom stereocenters. The molecule has 0 aromatic carbocycles. The maximum Gasteiger partial charge on any atom is 0.278 e. The van der Waals surface area contributed by atoms with E-state index in [4.69, 9.17) is 4.52 Å². The van der Waals surface area contributed by atoms with Gasteiger partial charge in [-0.05, 0) is 42.2 Å². The summed E-state index contributed by atoms with van der Waals surface area (Å²) in [5.41, 5.74) is 2.40. The van der Waals surface area contributed by atoms with Crippen LogP contribution in [0.5, 0.6) is 0 Å². The number of amides is 1. The monoisotopic (exact) mass is 424 g/mol. The SMILES string of the molecule is Cc1cn2nc(-c3nc([C@H]4CCCN(C(=O)Cc5ccsc5)C4)no3)cc2c(=O)[nH]1. The summed E-state index contributed by atoms with van der Waals surface area (Å²) in [4.78, 5) is 33.9. The molecule has 1 aliphatic rings. The van der Waals surface area contributed by atoms with Gasteiger partial charge in [0, 0.05) is 37.0 Å². The summed E-state index contributed by atoms with van der Waals surface area (Å²) in [7, 11) is 0. The fraction of sp³-hybridized carbons (Fsp3) is 0.350. The Morgan fingerprint density at radius 3 is 3.17 bits per heavy atom. The molecule has 0 saturated carbocycles. The quantitative estimate of drug-likeness (QED) is 0.539. The predicted molar refractivity (Wildman–Crippen MR) is 110 cm³/mol. The average molecular weight is 424 g/mol. The zero-order valence-electron chi connectivity index (χ0n) is 16.4. The van der Waals surface area contributed by atoms with Crippen LogP contribution in [0.3, 0.4) is 0 Å². The number of piperidine rings is 1. The molecule has 0 spiro atoms. The highest BCUT2D eigenvalue weighted by atomic mass is 32.1. The standard InChI is InChI=1S/C20H20N6O3S/c1-12-9-26-16(19(28)21-12)8-15(23-26)20-22-18(24-29-20)14-3-2-5-25(10-14)17(27)7-13-4-6-30-11-13/h4,6,8-9,11,14H,2-3,5,7,10H2,1H3,(H,21,28)/t14-/m0/s1. The zero-order chi connectivity index (χ0) is 20.7. The number of aryl methyl sites for hydroxylation is 1. The number of fused-ring (bicyclic) bond motifs is 1. The molecule has 9 nitrogen and oxygen atoms in total. The van der Waals surface area contributed by atoms with E-state index in [9.17, 15) is 9.59 Å². The summed E-state index contributed by atoms with van der Waals surface area (Å²) in [5, 5.41) is 12.5. The van der Waals surface area contributed by atoms with Crippen LogP contribution in [0.15, 0.2) is 38.4 Å². The number of carbonyl (C=O) groups is 1. The van der Waals surface area contributed by atoms with E-state index in [1.807, 2.05) is 21.7 Å². The summed E-state index contributed by atoms with van der Waals surface area (Å²) in [6, 6.07) is 3.62. The van der Waals surface area contributed by atoms with Crippen molar-refractivity contribution in [1.29, 1.82) is 0 Å². The number of H-pyrrole nitrogens is 1. The first kappa shape index (κ1) is 18.7. The molecule has 5 heterocycles. The smallest absolute Gasteiger partial charge is 0.278 e. The van der Waals surface area contributed by atoms with Crippen LogP contribution in [0.1, 0.15) is 35.8 Å². The van der Waals surface area contributed by atoms with Gasteiger partial charge in [0.15, 0.2) is 11.5 Å². The number of carbonyl (C=O) groups excluding carboxylic acids is 1. The summed E-state index contributed by atoms with van der Waals surface area (Å²) in [5.74, 6) is 0.981. The molecule has 4 aromatic heterocycles. The highest BCUT2D eigenvalue weighted by Crippen LogP contribution is 2.27. The Hall–Kier alpha value is -3.27. The zero-order valence-corrected chi connectivity index (χ0v) is 17.2. The van der Waals surface area contributed by atoms with Crippen LogP contribution in [0, 0.1) is 6.92 Å². The first-order valence-electron chi connectivity index (χ1n) is 9.79. The van der Waals surface area contributed by atoms with Crippen molar-refractivity contribution in [2.24, 2.45) is 0 Å². The van der Waals surface area contributed by atoms with Gasteiger partial charge in [-0.3, -0.25) is 9.59 Å². The van der Waals surface area contributed by atoms with Crippen molar-refractivity contribution in [3.63, 3.8) is 0 Å². The van der Waals surface area contributed by atoms with Crippen molar-refractivity contribution in [3.05, 3.63) is 56.5 Å². The Labute approximate surface area is 175 Å². The van der Waals surface area contributed by atoms with Crippen molar-refractivity contribution in [2.45, 2.75) is 32.1 Å². The van der Waals surface area contributed by atoms with Gasteiger partial charge in [-0.2, -0.15) is 21.4 Å². The van der Waals surface area contributed by atoms with Gasteiger partial charge in [-0.25, -0.2) is 4.52 Å². The lowest BCUT2D eigenvalue weighted by molar-refractivity contribution is -0.131. The maximum absolute atomic E-state index is 12.6. The normalized spacial score (nSPS) is 17.0. The van der Waals surface area contributed by atoms with Crippen LogP contribution in [0.4, 0.5) is 0 Å². The van der Waals surface area contributed by atoms with Crippen molar-refractivity contribution in [1.82, 2.24) is 29.6 Å². The predicted octanol–water partition coefficient (Wildman–Crippen LogP) is 2.39. The number of nitrogens with one attached hydrogen (secondary N) is 1. The van der Waals surface area contributed by atoms with Gasteiger partial charge in [0.2, 0.25) is 5.91 Å². The van der Waals surface area contributed by atoms with E-state index in [-0.39, 0.29) is 23.3 Å². The second-order valence-corrected chi connectivity index (χ2v) is 8.35. The molecule has 0 bridgehead atoms. The topological polar surface area (TPSA) is 109 Å². The van der Waals surface area contributed by atoms with E-state index in [2.05, 4.69) is 20.2 Å². The third kappa shape index (κ3) is 3.54. The molecule has 1 N–H and O–H groups in total.